The van der Waals surface area contributed by atoms with Crippen molar-refractivity contribution in [2.24, 2.45) is 5.84 Å². The fourth-order valence-electron chi connectivity index (χ4n) is 2.10. The Hall–Kier alpha value is -0.340. The number of rotatable bonds is 5. The summed E-state index contributed by atoms with van der Waals surface area (Å²) in [6, 6.07) is 5.46. The molecule has 1 atom stereocenters. The molecule has 2 rings (SSSR count). The summed E-state index contributed by atoms with van der Waals surface area (Å²) in [5, 5.41) is 5.57. The molecule has 0 aliphatic rings. The van der Waals surface area contributed by atoms with Gasteiger partial charge in [-0.3, -0.25) is 10.5 Å². The second-order valence-corrected chi connectivity index (χ2v) is 6.37. The molecule has 1 aromatic heterocycles. The minimum absolute atomic E-state index is 0.248. The summed E-state index contributed by atoms with van der Waals surface area (Å²) in [7, 11) is 0. The van der Waals surface area contributed by atoms with Gasteiger partial charge >= 0.3 is 0 Å². The quantitative estimate of drug-likeness (QED) is 0.436. The Labute approximate surface area is 141 Å². The first-order valence-corrected chi connectivity index (χ1v) is 8.04. The number of aryl methyl sites for hydroxylation is 1. The maximum absolute atomic E-state index is 6.28. The van der Waals surface area contributed by atoms with E-state index in [1.807, 2.05) is 22.9 Å². The average molecular weight is 425 g/mol. The third kappa shape index (κ3) is 3.28. The van der Waals surface area contributed by atoms with Crippen molar-refractivity contribution in [2.45, 2.75) is 25.9 Å². The Kier molecular flexibility index (Phi) is 5.68. The third-order valence-electron chi connectivity index (χ3n) is 2.98. The lowest BCUT2D eigenvalue weighted by Gasteiger charge is -2.20. The van der Waals surface area contributed by atoms with Crippen molar-refractivity contribution in [3.05, 3.63) is 49.3 Å². The van der Waals surface area contributed by atoms with Crippen LogP contribution in [0.5, 0.6) is 0 Å². The van der Waals surface area contributed by atoms with Crippen LogP contribution in [0.2, 0.25) is 10.0 Å². The molecule has 0 bridgehead atoms. The Bertz CT molecular complexity index is 600. The highest BCUT2D eigenvalue weighted by Crippen LogP contribution is 2.32. The van der Waals surface area contributed by atoms with E-state index in [2.05, 4.69) is 40.0 Å². The van der Waals surface area contributed by atoms with Crippen molar-refractivity contribution in [1.29, 1.82) is 0 Å². The van der Waals surface area contributed by atoms with E-state index in [-0.39, 0.29) is 6.04 Å². The largest absolute Gasteiger partial charge is 0.271 e. The molecule has 1 unspecified atom stereocenters. The van der Waals surface area contributed by atoms with Crippen LogP contribution in [0.1, 0.15) is 30.6 Å². The molecular formula is C13H15Cl2IN4. The van der Waals surface area contributed by atoms with E-state index in [9.17, 15) is 0 Å². The molecule has 0 aliphatic carbocycles. The summed E-state index contributed by atoms with van der Waals surface area (Å²) in [4.78, 5) is 0. The Morgan fingerprint density at radius 2 is 2.20 bits per heavy atom. The highest BCUT2D eigenvalue weighted by molar-refractivity contribution is 14.1. The van der Waals surface area contributed by atoms with Gasteiger partial charge in [0, 0.05) is 15.1 Å². The van der Waals surface area contributed by atoms with Gasteiger partial charge in [0.25, 0.3) is 0 Å². The summed E-state index contributed by atoms with van der Waals surface area (Å²) >= 11 is 14.6. The Morgan fingerprint density at radius 1 is 1.45 bits per heavy atom. The van der Waals surface area contributed by atoms with Gasteiger partial charge in [0.05, 0.1) is 23.0 Å². The third-order valence-corrected chi connectivity index (χ3v) is 4.49. The van der Waals surface area contributed by atoms with Gasteiger partial charge in [-0.1, -0.05) is 30.1 Å². The number of hydrogen-bond donors (Lipinski definition) is 2. The predicted molar refractivity (Wildman–Crippen MR) is 90.9 cm³/mol. The maximum atomic E-state index is 6.28. The summed E-state index contributed by atoms with van der Waals surface area (Å²) < 4.78 is 2.94. The van der Waals surface area contributed by atoms with Gasteiger partial charge in [0.15, 0.2) is 0 Å². The number of nitrogens with two attached hydrogens (primary N) is 1. The molecule has 1 heterocycles. The molecule has 108 valence electrons. The van der Waals surface area contributed by atoms with Crippen LogP contribution in [0, 0.1) is 3.57 Å². The van der Waals surface area contributed by atoms with Crippen LogP contribution < -0.4 is 11.3 Å². The molecule has 7 heteroatoms. The van der Waals surface area contributed by atoms with Crippen LogP contribution in [0.3, 0.4) is 0 Å². The maximum Gasteiger partial charge on any atom is 0.0904 e. The number of hydrogen-bond acceptors (Lipinski definition) is 3. The van der Waals surface area contributed by atoms with Crippen molar-refractivity contribution in [3.63, 3.8) is 0 Å². The van der Waals surface area contributed by atoms with Gasteiger partial charge < -0.3 is 0 Å². The molecule has 0 amide bonds. The zero-order chi connectivity index (χ0) is 14.7. The normalized spacial score (nSPS) is 12.7. The zero-order valence-electron chi connectivity index (χ0n) is 10.9. The van der Waals surface area contributed by atoms with Gasteiger partial charge in [-0.2, -0.15) is 5.10 Å². The average Bonchev–Trinajstić information content (AvgIpc) is 2.77. The standard InChI is InChI=1S/C13H15Cl2IN4/c1-2-5-20-13(10(15)7-18-20)12(19-17)9-6-8(14)3-4-11(9)16/h3-4,6-7,12,19H,2,5,17H2,1H3. The second kappa shape index (κ2) is 7.09. The van der Waals surface area contributed by atoms with Gasteiger partial charge in [0.1, 0.15) is 0 Å². The molecule has 3 N–H and O–H groups in total. The van der Waals surface area contributed by atoms with E-state index >= 15 is 0 Å². The lowest BCUT2D eigenvalue weighted by Crippen LogP contribution is -2.31. The molecule has 0 radical (unpaired) electrons. The molecule has 2 aromatic rings. The number of aromatic nitrogens is 2. The summed E-state index contributed by atoms with van der Waals surface area (Å²) in [6.07, 6.45) is 2.61. The highest BCUT2D eigenvalue weighted by atomic mass is 127. The molecule has 20 heavy (non-hydrogen) atoms. The number of nitrogens with one attached hydrogen (secondary N) is 1. The minimum atomic E-state index is -0.248. The van der Waals surface area contributed by atoms with Crippen LogP contribution in [-0.2, 0) is 6.54 Å². The van der Waals surface area contributed by atoms with Crippen LogP contribution in [0.25, 0.3) is 0 Å². The van der Waals surface area contributed by atoms with E-state index in [0.29, 0.717) is 10.0 Å². The molecule has 0 aliphatic heterocycles. The van der Waals surface area contributed by atoms with Crippen molar-refractivity contribution >= 4 is 45.8 Å². The smallest absolute Gasteiger partial charge is 0.0904 e. The molecule has 0 fully saturated rings. The molecule has 0 saturated heterocycles. The van der Waals surface area contributed by atoms with Crippen molar-refractivity contribution in [1.82, 2.24) is 15.2 Å². The van der Waals surface area contributed by atoms with Gasteiger partial charge in [-0.05, 0) is 52.8 Å². The number of benzene rings is 1. The number of halogens is 3. The Balaban J connectivity index is 2.52. The monoisotopic (exact) mass is 424 g/mol. The molecule has 4 nitrogen and oxygen atoms in total. The summed E-state index contributed by atoms with van der Waals surface area (Å²) in [5.41, 5.74) is 4.66. The van der Waals surface area contributed by atoms with Crippen molar-refractivity contribution < 1.29 is 0 Å². The van der Waals surface area contributed by atoms with E-state index in [4.69, 9.17) is 29.0 Å². The minimum Gasteiger partial charge on any atom is -0.271 e. The molecule has 1 aromatic carbocycles. The highest BCUT2D eigenvalue weighted by Gasteiger charge is 2.23. The van der Waals surface area contributed by atoms with Gasteiger partial charge in [0.2, 0.25) is 0 Å². The first-order valence-electron chi connectivity index (χ1n) is 6.20. The van der Waals surface area contributed by atoms with Gasteiger partial charge in [-0.15, -0.1) is 0 Å². The summed E-state index contributed by atoms with van der Waals surface area (Å²) in [5.74, 6) is 5.75. The lowest BCUT2D eigenvalue weighted by atomic mass is 10.0. The predicted octanol–water partition coefficient (Wildman–Crippen LogP) is 3.76. The SMILES string of the molecule is CCCn1ncc(Cl)c1C(NN)c1cc(Cl)ccc1I. The van der Waals surface area contributed by atoms with E-state index in [1.54, 1.807) is 6.20 Å². The molecule has 0 spiro atoms. The van der Waals surface area contributed by atoms with Crippen molar-refractivity contribution in [2.75, 3.05) is 0 Å². The molecule has 0 saturated carbocycles. The number of hydrazine groups is 1. The van der Waals surface area contributed by atoms with Gasteiger partial charge in [-0.25, -0.2) is 5.43 Å². The Morgan fingerprint density at radius 3 is 2.85 bits per heavy atom. The first-order chi connectivity index (χ1) is 9.58. The van der Waals surface area contributed by atoms with E-state index in [0.717, 1.165) is 27.8 Å². The van der Waals surface area contributed by atoms with Crippen LogP contribution in [0.4, 0.5) is 0 Å². The number of nitrogens with zero attached hydrogens (tertiary/aromatic N) is 2. The first kappa shape index (κ1) is 16.0. The second-order valence-electron chi connectivity index (χ2n) is 4.37. The zero-order valence-corrected chi connectivity index (χ0v) is 14.6. The van der Waals surface area contributed by atoms with Crippen LogP contribution in [0.15, 0.2) is 24.4 Å². The van der Waals surface area contributed by atoms with E-state index < -0.39 is 0 Å². The van der Waals surface area contributed by atoms with E-state index in [1.165, 1.54) is 0 Å². The van der Waals surface area contributed by atoms with Crippen LogP contribution >= 0.6 is 45.8 Å². The van der Waals surface area contributed by atoms with Crippen molar-refractivity contribution in [3.8, 4) is 0 Å². The fraction of sp³-hybridized carbons (Fsp3) is 0.308. The summed E-state index contributed by atoms with van der Waals surface area (Å²) in [6.45, 7) is 2.88. The lowest BCUT2D eigenvalue weighted by molar-refractivity contribution is 0.520. The molecular weight excluding hydrogens is 410 g/mol. The van der Waals surface area contributed by atoms with Crippen LogP contribution in [-0.4, -0.2) is 9.78 Å². The topological polar surface area (TPSA) is 55.9 Å². The fourth-order valence-corrected chi connectivity index (χ4v) is 3.18.